The number of pyridine rings is 1. The van der Waals surface area contributed by atoms with Crippen molar-refractivity contribution < 1.29 is 24.1 Å². The molecule has 0 aliphatic carbocycles. The largest absolute Gasteiger partial charge is 0.488 e. The van der Waals surface area contributed by atoms with Gasteiger partial charge in [-0.1, -0.05) is 17.7 Å². The number of rotatable bonds is 5. The Morgan fingerprint density at radius 3 is 2.93 bits per heavy atom. The van der Waals surface area contributed by atoms with Gasteiger partial charge in [0.2, 0.25) is 0 Å². The number of anilines is 2. The number of carbonyl (C=O) groups is 1. The Labute approximate surface area is 167 Å². The van der Waals surface area contributed by atoms with Gasteiger partial charge >= 0.3 is 5.97 Å². The van der Waals surface area contributed by atoms with Gasteiger partial charge in [-0.25, -0.2) is 9.78 Å². The fourth-order valence-corrected chi connectivity index (χ4v) is 3.60. The monoisotopic (exact) mass is 404 g/mol. The first kappa shape index (κ1) is 19.0. The SMILES string of the molecule is O=C(O)c1cccc2c1OC[C@@H](COC1CCCCO1)N2c1ccc(Cl)cn1. The van der Waals surface area contributed by atoms with Crippen LogP contribution >= 0.6 is 11.6 Å². The summed E-state index contributed by atoms with van der Waals surface area (Å²) >= 11 is 5.99. The minimum Gasteiger partial charge on any atom is -0.488 e. The Kier molecular flexibility index (Phi) is 5.66. The Morgan fingerprint density at radius 2 is 2.21 bits per heavy atom. The molecule has 7 nitrogen and oxygen atoms in total. The van der Waals surface area contributed by atoms with Crippen molar-refractivity contribution >= 4 is 29.1 Å². The molecule has 4 rings (SSSR count). The van der Waals surface area contributed by atoms with Gasteiger partial charge in [0, 0.05) is 12.8 Å². The molecule has 2 atom stereocenters. The number of aromatic carboxylic acids is 1. The summed E-state index contributed by atoms with van der Waals surface area (Å²) < 4.78 is 17.5. The third-order valence-corrected chi connectivity index (χ3v) is 5.06. The lowest BCUT2D eigenvalue weighted by atomic mass is 10.1. The summed E-state index contributed by atoms with van der Waals surface area (Å²) in [5.41, 5.74) is 0.755. The zero-order valence-corrected chi connectivity index (χ0v) is 16.0. The molecule has 1 unspecified atom stereocenters. The molecule has 1 aromatic heterocycles. The van der Waals surface area contributed by atoms with E-state index < -0.39 is 5.97 Å². The van der Waals surface area contributed by atoms with Gasteiger partial charge in [-0.2, -0.15) is 0 Å². The number of carboxylic acid groups (broad SMARTS) is 1. The van der Waals surface area contributed by atoms with Crippen molar-refractivity contribution in [3.8, 4) is 5.75 Å². The lowest BCUT2D eigenvalue weighted by Gasteiger charge is -2.38. The van der Waals surface area contributed by atoms with Crippen molar-refractivity contribution in [2.24, 2.45) is 0 Å². The summed E-state index contributed by atoms with van der Waals surface area (Å²) in [6, 6.07) is 8.41. The first-order valence-electron chi connectivity index (χ1n) is 9.26. The third kappa shape index (κ3) is 3.92. The molecule has 28 heavy (non-hydrogen) atoms. The summed E-state index contributed by atoms with van der Waals surface area (Å²) in [4.78, 5) is 18.0. The summed E-state index contributed by atoms with van der Waals surface area (Å²) in [7, 11) is 0. The second-order valence-electron chi connectivity index (χ2n) is 6.76. The first-order valence-corrected chi connectivity index (χ1v) is 9.64. The third-order valence-electron chi connectivity index (χ3n) is 4.84. The van der Waals surface area contributed by atoms with Gasteiger partial charge in [-0.05, 0) is 43.5 Å². The average Bonchev–Trinajstić information content (AvgIpc) is 2.72. The lowest BCUT2D eigenvalue weighted by molar-refractivity contribution is -0.165. The summed E-state index contributed by atoms with van der Waals surface area (Å²) in [6.07, 6.45) is 4.35. The highest BCUT2D eigenvalue weighted by molar-refractivity contribution is 6.30. The van der Waals surface area contributed by atoms with Crippen molar-refractivity contribution in [2.45, 2.75) is 31.6 Å². The van der Waals surface area contributed by atoms with Crippen molar-refractivity contribution in [1.82, 2.24) is 4.98 Å². The molecule has 2 aromatic rings. The molecule has 1 fully saturated rings. The molecule has 0 amide bonds. The van der Waals surface area contributed by atoms with Gasteiger partial charge < -0.3 is 24.2 Å². The molecule has 0 radical (unpaired) electrons. The van der Waals surface area contributed by atoms with E-state index in [1.165, 1.54) is 6.07 Å². The van der Waals surface area contributed by atoms with Crippen LogP contribution in [0.1, 0.15) is 29.6 Å². The van der Waals surface area contributed by atoms with E-state index in [4.69, 9.17) is 25.8 Å². The van der Waals surface area contributed by atoms with Gasteiger partial charge in [0.25, 0.3) is 0 Å². The van der Waals surface area contributed by atoms with Crippen LogP contribution in [0.5, 0.6) is 5.75 Å². The highest BCUT2D eigenvalue weighted by Gasteiger charge is 2.33. The predicted octanol–water partition coefficient (Wildman–Crippen LogP) is 3.88. The topological polar surface area (TPSA) is 81.1 Å². The number of para-hydroxylation sites is 1. The number of aromatic nitrogens is 1. The molecule has 1 aromatic carbocycles. The molecule has 1 N–H and O–H groups in total. The molecular weight excluding hydrogens is 384 g/mol. The molecule has 0 bridgehead atoms. The normalized spacial score (nSPS) is 21.7. The highest BCUT2D eigenvalue weighted by Crippen LogP contribution is 2.41. The number of carboxylic acids is 1. The van der Waals surface area contributed by atoms with Gasteiger partial charge in [-0.3, -0.25) is 0 Å². The van der Waals surface area contributed by atoms with E-state index in [1.807, 2.05) is 11.0 Å². The number of benzene rings is 1. The predicted molar refractivity (Wildman–Crippen MR) is 104 cm³/mol. The van der Waals surface area contributed by atoms with E-state index in [2.05, 4.69) is 4.98 Å². The van der Waals surface area contributed by atoms with E-state index in [1.54, 1.807) is 24.4 Å². The number of fused-ring (bicyclic) bond motifs is 1. The Balaban J connectivity index is 1.65. The van der Waals surface area contributed by atoms with E-state index >= 15 is 0 Å². The minimum atomic E-state index is -1.04. The fourth-order valence-electron chi connectivity index (χ4n) is 3.49. The fraction of sp³-hybridized carbons (Fsp3) is 0.400. The zero-order chi connectivity index (χ0) is 19.5. The highest BCUT2D eigenvalue weighted by atomic mass is 35.5. The molecule has 2 aliphatic rings. The van der Waals surface area contributed by atoms with Crippen LogP contribution in [-0.2, 0) is 9.47 Å². The molecule has 148 valence electrons. The molecular formula is C20H21ClN2O5. The summed E-state index contributed by atoms with van der Waals surface area (Å²) in [5, 5.41) is 10.0. The molecule has 8 heteroatoms. The first-order chi connectivity index (χ1) is 13.6. The molecule has 2 aliphatic heterocycles. The van der Waals surface area contributed by atoms with Gasteiger partial charge in [-0.15, -0.1) is 0 Å². The second-order valence-corrected chi connectivity index (χ2v) is 7.19. The van der Waals surface area contributed by atoms with Crippen LogP contribution in [0.2, 0.25) is 5.02 Å². The van der Waals surface area contributed by atoms with Crippen molar-refractivity contribution in [1.29, 1.82) is 0 Å². The molecule has 1 saturated heterocycles. The van der Waals surface area contributed by atoms with Crippen LogP contribution in [0.15, 0.2) is 36.5 Å². The Hall–Kier alpha value is -2.35. The number of hydrogen-bond donors (Lipinski definition) is 1. The van der Waals surface area contributed by atoms with Crippen molar-refractivity contribution in [2.75, 3.05) is 24.7 Å². The number of halogens is 1. The van der Waals surface area contributed by atoms with Crippen LogP contribution in [0, 0.1) is 0 Å². The van der Waals surface area contributed by atoms with Crippen LogP contribution in [0.3, 0.4) is 0 Å². The number of ether oxygens (including phenoxy) is 3. The van der Waals surface area contributed by atoms with E-state index in [0.29, 0.717) is 35.5 Å². The molecule has 3 heterocycles. The van der Waals surface area contributed by atoms with Gasteiger partial charge in [0.15, 0.2) is 12.0 Å². The lowest BCUT2D eigenvalue weighted by Crippen LogP contribution is -2.45. The van der Waals surface area contributed by atoms with E-state index in [-0.39, 0.29) is 24.5 Å². The zero-order valence-electron chi connectivity index (χ0n) is 15.2. The summed E-state index contributed by atoms with van der Waals surface area (Å²) in [5.74, 6) is -0.0576. The standard InChI is InChI=1S/C20H21ClN2O5/c21-13-7-8-17(22-10-13)23-14(11-27-18-6-1-2-9-26-18)12-28-19-15(20(24)25)4-3-5-16(19)23/h3-5,7-8,10,14,18H,1-2,6,9,11-12H2,(H,24,25)/t14-,18?/m1/s1. The van der Waals surface area contributed by atoms with Crippen molar-refractivity contribution in [3.63, 3.8) is 0 Å². The Bertz CT molecular complexity index is 839. The number of hydrogen-bond acceptors (Lipinski definition) is 6. The second kappa shape index (κ2) is 8.34. The maximum Gasteiger partial charge on any atom is 0.339 e. The maximum absolute atomic E-state index is 11.6. The maximum atomic E-state index is 11.6. The van der Waals surface area contributed by atoms with Crippen LogP contribution in [-0.4, -0.2) is 48.2 Å². The Morgan fingerprint density at radius 1 is 1.32 bits per heavy atom. The van der Waals surface area contributed by atoms with Crippen molar-refractivity contribution in [3.05, 3.63) is 47.1 Å². The van der Waals surface area contributed by atoms with Gasteiger partial charge in [0.05, 0.1) is 23.4 Å². The summed E-state index contributed by atoms with van der Waals surface area (Å²) in [6.45, 7) is 1.35. The van der Waals surface area contributed by atoms with E-state index in [0.717, 1.165) is 19.3 Å². The van der Waals surface area contributed by atoms with Crippen LogP contribution < -0.4 is 9.64 Å². The minimum absolute atomic E-state index is 0.117. The van der Waals surface area contributed by atoms with Crippen LogP contribution in [0.25, 0.3) is 0 Å². The molecule has 0 saturated carbocycles. The van der Waals surface area contributed by atoms with E-state index in [9.17, 15) is 9.90 Å². The smallest absolute Gasteiger partial charge is 0.339 e. The molecule has 0 spiro atoms. The van der Waals surface area contributed by atoms with Gasteiger partial charge in [0.1, 0.15) is 18.0 Å². The average molecular weight is 405 g/mol. The quantitative estimate of drug-likeness (QED) is 0.809. The number of nitrogens with zero attached hydrogens (tertiary/aromatic N) is 2. The van der Waals surface area contributed by atoms with Crippen LogP contribution in [0.4, 0.5) is 11.5 Å².